The molecule has 0 spiro atoms. The Bertz CT molecular complexity index is 567. The minimum absolute atomic E-state index is 0.500. The van der Waals surface area contributed by atoms with Crippen LogP contribution in [0.4, 0.5) is 0 Å². The van der Waals surface area contributed by atoms with Crippen LogP contribution in [0.3, 0.4) is 0 Å². The molecule has 3 rings (SSSR count). The lowest BCUT2D eigenvalue weighted by atomic mass is 9.74. The molecular weight excluding hydrogens is 216 g/mol. The molecule has 0 bridgehead atoms. The summed E-state index contributed by atoms with van der Waals surface area (Å²) in [5.74, 6) is 1.02. The standard InChI is InChI=1S/C18H18/c1-13-8-9-17-16(10-13)11-14(2)12-18(17)15-6-4-3-5-7-15/h3-12,16-17H,1-2H3. The largest absolute Gasteiger partial charge is 0.0758 e. The highest BCUT2D eigenvalue weighted by molar-refractivity contribution is 5.74. The molecule has 1 aromatic rings. The third-order valence-electron chi connectivity index (χ3n) is 3.74. The third-order valence-corrected chi connectivity index (χ3v) is 3.74. The van der Waals surface area contributed by atoms with Crippen LogP contribution < -0.4 is 0 Å². The van der Waals surface area contributed by atoms with E-state index in [9.17, 15) is 0 Å². The van der Waals surface area contributed by atoms with Crippen molar-refractivity contribution in [3.8, 4) is 0 Å². The molecule has 0 saturated heterocycles. The van der Waals surface area contributed by atoms with Gasteiger partial charge in [-0.3, -0.25) is 0 Å². The Labute approximate surface area is 109 Å². The molecule has 2 aliphatic carbocycles. The molecule has 1 aromatic carbocycles. The van der Waals surface area contributed by atoms with Crippen molar-refractivity contribution >= 4 is 5.57 Å². The van der Waals surface area contributed by atoms with E-state index in [1.807, 2.05) is 0 Å². The molecular formula is C18H18. The summed E-state index contributed by atoms with van der Waals surface area (Å²) in [5.41, 5.74) is 5.53. The Kier molecular flexibility index (Phi) is 2.79. The molecule has 18 heavy (non-hydrogen) atoms. The molecule has 0 amide bonds. The number of hydrogen-bond donors (Lipinski definition) is 0. The fourth-order valence-electron chi connectivity index (χ4n) is 2.91. The zero-order chi connectivity index (χ0) is 12.5. The second kappa shape index (κ2) is 4.45. The summed E-state index contributed by atoms with van der Waals surface area (Å²) >= 11 is 0. The number of rotatable bonds is 1. The van der Waals surface area contributed by atoms with Gasteiger partial charge in [-0.15, -0.1) is 0 Å². The van der Waals surface area contributed by atoms with E-state index in [0.717, 1.165) is 0 Å². The normalized spacial score (nSPS) is 26.0. The molecule has 0 heteroatoms. The van der Waals surface area contributed by atoms with Crippen molar-refractivity contribution in [1.29, 1.82) is 0 Å². The quantitative estimate of drug-likeness (QED) is 0.656. The minimum atomic E-state index is 0.500. The summed E-state index contributed by atoms with van der Waals surface area (Å²) in [7, 11) is 0. The van der Waals surface area contributed by atoms with Crippen LogP contribution in [-0.4, -0.2) is 0 Å². The van der Waals surface area contributed by atoms with Gasteiger partial charge in [-0.1, -0.05) is 71.9 Å². The summed E-state index contributed by atoms with van der Waals surface area (Å²) in [4.78, 5) is 0. The maximum Gasteiger partial charge on any atom is 0.0125 e. The Morgan fingerprint density at radius 2 is 1.61 bits per heavy atom. The SMILES string of the molecule is CC1=CC2C=C(C)C=C(c3ccccc3)C2C=C1. The van der Waals surface area contributed by atoms with Crippen LogP contribution in [0.15, 0.2) is 71.9 Å². The summed E-state index contributed by atoms with van der Waals surface area (Å²) in [6.45, 7) is 4.37. The minimum Gasteiger partial charge on any atom is -0.0758 e. The molecule has 0 heterocycles. The van der Waals surface area contributed by atoms with Crippen LogP contribution in [0.1, 0.15) is 19.4 Å². The Morgan fingerprint density at radius 1 is 0.889 bits per heavy atom. The monoisotopic (exact) mass is 234 g/mol. The molecule has 0 saturated carbocycles. The highest BCUT2D eigenvalue weighted by Crippen LogP contribution is 2.39. The van der Waals surface area contributed by atoms with Crippen molar-refractivity contribution in [2.75, 3.05) is 0 Å². The van der Waals surface area contributed by atoms with Crippen LogP contribution in [-0.2, 0) is 0 Å². The van der Waals surface area contributed by atoms with Gasteiger partial charge in [-0.2, -0.15) is 0 Å². The molecule has 2 unspecified atom stereocenters. The number of fused-ring (bicyclic) bond motifs is 1. The summed E-state index contributed by atoms with van der Waals surface area (Å²) in [6, 6.07) is 10.7. The molecule has 0 aromatic heterocycles. The smallest absolute Gasteiger partial charge is 0.0125 e. The highest BCUT2D eigenvalue weighted by atomic mass is 14.3. The first-order valence-corrected chi connectivity index (χ1v) is 6.56. The lowest BCUT2D eigenvalue weighted by Crippen LogP contribution is -2.17. The molecule has 0 aliphatic heterocycles. The van der Waals surface area contributed by atoms with Gasteiger partial charge >= 0.3 is 0 Å². The predicted molar refractivity (Wildman–Crippen MR) is 78.1 cm³/mol. The van der Waals surface area contributed by atoms with Crippen LogP contribution >= 0.6 is 0 Å². The van der Waals surface area contributed by atoms with Gasteiger partial charge in [0.1, 0.15) is 0 Å². The summed E-state index contributed by atoms with van der Waals surface area (Å²) in [5, 5.41) is 0. The van der Waals surface area contributed by atoms with E-state index in [2.05, 4.69) is 74.6 Å². The Hall–Kier alpha value is -1.82. The van der Waals surface area contributed by atoms with Crippen LogP contribution in [0.25, 0.3) is 5.57 Å². The van der Waals surface area contributed by atoms with Crippen molar-refractivity contribution in [2.24, 2.45) is 11.8 Å². The van der Waals surface area contributed by atoms with Gasteiger partial charge < -0.3 is 0 Å². The van der Waals surface area contributed by atoms with Gasteiger partial charge in [0.2, 0.25) is 0 Å². The van der Waals surface area contributed by atoms with Crippen molar-refractivity contribution < 1.29 is 0 Å². The van der Waals surface area contributed by atoms with E-state index < -0.39 is 0 Å². The zero-order valence-corrected chi connectivity index (χ0v) is 10.9. The van der Waals surface area contributed by atoms with E-state index in [0.29, 0.717) is 11.8 Å². The molecule has 2 atom stereocenters. The topological polar surface area (TPSA) is 0 Å². The maximum atomic E-state index is 2.38. The Balaban J connectivity index is 2.05. The average molecular weight is 234 g/mol. The predicted octanol–water partition coefficient (Wildman–Crippen LogP) is 4.78. The fraction of sp³-hybridized carbons (Fsp3) is 0.222. The van der Waals surface area contributed by atoms with Crippen LogP contribution in [0, 0.1) is 11.8 Å². The van der Waals surface area contributed by atoms with Crippen molar-refractivity contribution in [3.63, 3.8) is 0 Å². The lowest BCUT2D eigenvalue weighted by molar-refractivity contribution is 0.666. The second-order valence-corrected chi connectivity index (χ2v) is 5.25. The molecule has 0 nitrogen and oxygen atoms in total. The number of hydrogen-bond acceptors (Lipinski definition) is 0. The first-order valence-electron chi connectivity index (χ1n) is 6.56. The lowest BCUT2D eigenvalue weighted by Gasteiger charge is -2.30. The van der Waals surface area contributed by atoms with Gasteiger partial charge in [0, 0.05) is 11.8 Å². The van der Waals surface area contributed by atoms with E-state index in [4.69, 9.17) is 0 Å². The van der Waals surface area contributed by atoms with E-state index in [1.54, 1.807) is 0 Å². The second-order valence-electron chi connectivity index (χ2n) is 5.25. The Morgan fingerprint density at radius 3 is 2.39 bits per heavy atom. The molecule has 90 valence electrons. The maximum absolute atomic E-state index is 2.38. The number of benzene rings is 1. The molecule has 0 radical (unpaired) electrons. The van der Waals surface area contributed by atoms with E-state index in [-0.39, 0.29) is 0 Å². The molecule has 0 N–H and O–H groups in total. The van der Waals surface area contributed by atoms with Gasteiger partial charge in [-0.05, 0) is 25.0 Å². The van der Waals surface area contributed by atoms with Gasteiger partial charge in [0.05, 0.1) is 0 Å². The first-order chi connectivity index (χ1) is 8.74. The molecule has 2 aliphatic rings. The molecule has 0 fully saturated rings. The van der Waals surface area contributed by atoms with Gasteiger partial charge in [0.15, 0.2) is 0 Å². The van der Waals surface area contributed by atoms with E-state index in [1.165, 1.54) is 22.3 Å². The van der Waals surface area contributed by atoms with Gasteiger partial charge in [0.25, 0.3) is 0 Å². The first kappa shape index (κ1) is 11.3. The van der Waals surface area contributed by atoms with E-state index >= 15 is 0 Å². The van der Waals surface area contributed by atoms with Crippen molar-refractivity contribution in [2.45, 2.75) is 13.8 Å². The van der Waals surface area contributed by atoms with Gasteiger partial charge in [-0.25, -0.2) is 0 Å². The highest BCUT2D eigenvalue weighted by Gasteiger charge is 2.25. The van der Waals surface area contributed by atoms with Crippen LogP contribution in [0.2, 0.25) is 0 Å². The average Bonchev–Trinajstić information content (AvgIpc) is 2.38. The summed E-state index contributed by atoms with van der Waals surface area (Å²) in [6.07, 6.45) is 11.7. The fourth-order valence-corrected chi connectivity index (χ4v) is 2.91. The third kappa shape index (κ3) is 1.99. The van der Waals surface area contributed by atoms with Crippen LogP contribution in [0.5, 0.6) is 0 Å². The number of allylic oxidation sites excluding steroid dienone is 8. The zero-order valence-electron chi connectivity index (χ0n) is 10.9. The summed E-state index contributed by atoms with van der Waals surface area (Å²) < 4.78 is 0. The van der Waals surface area contributed by atoms with Crippen molar-refractivity contribution in [3.05, 3.63) is 77.4 Å². The van der Waals surface area contributed by atoms with Crippen molar-refractivity contribution in [1.82, 2.24) is 0 Å².